The molecule has 17 heavy (non-hydrogen) atoms. The monoisotopic (exact) mass is 239 g/mol. The molecule has 1 aromatic heterocycles. The highest BCUT2D eigenvalue weighted by Gasteiger charge is 2.12. The van der Waals surface area contributed by atoms with Crippen molar-refractivity contribution in [1.29, 1.82) is 0 Å². The molecule has 98 valence electrons. The van der Waals surface area contributed by atoms with Crippen LogP contribution in [0, 0.1) is 6.92 Å². The Bertz CT molecular complexity index is 333. The number of nitrogens with zero attached hydrogens (tertiary/aromatic N) is 2. The highest BCUT2D eigenvalue weighted by Crippen LogP contribution is 2.14. The Labute approximate surface area is 104 Å². The van der Waals surface area contributed by atoms with Crippen molar-refractivity contribution in [1.82, 2.24) is 15.1 Å². The molecule has 0 aliphatic carbocycles. The molecule has 1 unspecified atom stereocenters. The minimum Gasteiger partial charge on any atom is -0.473 e. The fourth-order valence-electron chi connectivity index (χ4n) is 1.76. The van der Waals surface area contributed by atoms with Gasteiger partial charge in [0.25, 0.3) is 0 Å². The van der Waals surface area contributed by atoms with Crippen molar-refractivity contribution >= 4 is 0 Å². The van der Waals surface area contributed by atoms with Crippen LogP contribution in [0.5, 0.6) is 5.88 Å². The van der Waals surface area contributed by atoms with E-state index in [1.165, 1.54) is 0 Å². The van der Waals surface area contributed by atoms with Gasteiger partial charge in [-0.15, -0.1) is 0 Å². The molecular weight excluding hydrogens is 214 g/mol. The summed E-state index contributed by atoms with van der Waals surface area (Å²) in [5, 5.41) is 7.71. The maximum Gasteiger partial charge on any atom is 0.212 e. The molecular formula is C13H25N3O. The van der Waals surface area contributed by atoms with Gasteiger partial charge in [0.15, 0.2) is 0 Å². The third-order valence-electron chi connectivity index (χ3n) is 2.61. The lowest BCUT2D eigenvalue weighted by Gasteiger charge is -2.20. The first-order valence-electron chi connectivity index (χ1n) is 6.43. The molecule has 0 radical (unpaired) electrons. The van der Waals surface area contributed by atoms with E-state index in [4.69, 9.17) is 4.74 Å². The molecule has 0 aliphatic heterocycles. The normalized spacial score (nSPS) is 13.1. The van der Waals surface area contributed by atoms with Crippen LogP contribution in [0.3, 0.4) is 0 Å². The summed E-state index contributed by atoms with van der Waals surface area (Å²) in [6.07, 6.45) is 2.41. The lowest BCUT2D eigenvalue weighted by atomic mass is 10.2. The van der Waals surface area contributed by atoms with Crippen LogP contribution in [-0.2, 0) is 7.05 Å². The van der Waals surface area contributed by atoms with Gasteiger partial charge in [-0.3, -0.25) is 0 Å². The second kappa shape index (κ2) is 6.64. The number of aromatic nitrogens is 2. The summed E-state index contributed by atoms with van der Waals surface area (Å²) < 4.78 is 7.79. The van der Waals surface area contributed by atoms with E-state index in [1.54, 1.807) is 4.68 Å². The molecule has 0 saturated heterocycles. The Morgan fingerprint density at radius 1 is 1.47 bits per heavy atom. The van der Waals surface area contributed by atoms with Gasteiger partial charge in [-0.05, 0) is 13.3 Å². The van der Waals surface area contributed by atoms with E-state index < -0.39 is 0 Å². The zero-order chi connectivity index (χ0) is 12.8. The molecule has 0 bridgehead atoms. The molecule has 0 spiro atoms. The number of rotatable bonds is 7. The van der Waals surface area contributed by atoms with E-state index in [0.717, 1.165) is 31.0 Å². The molecule has 1 rings (SSSR count). The van der Waals surface area contributed by atoms with Gasteiger partial charge < -0.3 is 10.1 Å². The van der Waals surface area contributed by atoms with Crippen LogP contribution in [0.1, 0.15) is 39.3 Å². The number of hydrogen-bond acceptors (Lipinski definition) is 3. The van der Waals surface area contributed by atoms with Gasteiger partial charge in [0.1, 0.15) is 6.10 Å². The summed E-state index contributed by atoms with van der Waals surface area (Å²) in [5.74, 6) is 0.853. The SMILES string of the molecule is CCCC(CNC(C)C)Oc1cc(C)nn1C. The first-order valence-corrected chi connectivity index (χ1v) is 6.43. The second-order valence-corrected chi connectivity index (χ2v) is 4.84. The van der Waals surface area contributed by atoms with E-state index in [1.807, 2.05) is 20.0 Å². The number of nitrogens with one attached hydrogen (secondary N) is 1. The van der Waals surface area contributed by atoms with Crippen LogP contribution >= 0.6 is 0 Å². The van der Waals surface area contributed by atoms with E-state index >= 15 is 0 Å². The van der Waals surface area contributed by atoms with Gasteiger partial charge in [-0.1, -0.05) is 27.2 Å². The Kier molecular flexibility index (Phi) is 5.48. The molecule has 0 fully saturated rings. The van der Waals surface area contributed by atoms with Gasteiger partial charge in [0, 0.05) is 25.7 Å². The zero-order valence-electron chi connectivity index (χ0n) is 11.7. The first-order chi connectivity index (χ1) is 8.02. The van der Waals surface area contributed by atoms with Crippen molar-refractivity contribution in [3.8, 4) is 5.88 Å². The maximum absolute atomic E-state index is 5.99. The molecule has 4 nitrogen and oxygen atoms in total. The summed E-state index contributed by atoms with van der Waals surface area (Å²) in [6, 6.07) is 2.48. The van der Waals surface area contributed by atoms with Crippen LogP contribution < -0.4 is 10.1 Å². The van der Waals surface area contributed by atoms with Crippen LogP contribution in [0.15, 0.2) is 6.07 Å². The van der Waals surface area contributed by atoms with E-state index in [9.17, 15) is 0 Å². The fourth-order valence-corrected chi connectivity index (χ4v) is 1.76. The molecule has 1 atom stereocenters. The molecule has 0 aliphatic rings. The minimum atomic E-state index is 0.220. The van der Waals surface area contributed by atoms with Crippen molar-refractivity contribution in [3.63, 3.8) is 0 Å². The zero-order valence-corrected chi connectivity index (χ0v) is 11.7. The van der Waals surface area contributed by atoms with E-state index in [2.05, 4.69) is 31.2 Å². The van der Waals surface area contributed by atoms with Gasteiger partial charge in [0.2, 0.25) is 5.88 Å². The third kappa shape index (κ3) is 4.77. The Morgan fingerprint density at radius 2 is 2.18 bits per heavy atom. The standard InChI is InChI=1S/C13H25N3O/c1-6-7-12(9-14-10(2)3)17-13-8-11(4)15-16(13)5/h8,10,12,14H,6-7,9H2,1-5H3. The van der Waals surface area contributed by atoms with E-state index in [0.29, 0.717) is 6.04 Å². The summed E-state index contributed by atoms with van der Waals surface area (Å²) in [4.78, 5) is 0. The van der Waals surface area contributed by atoms with Crippen LogP contribution in [0.2, 0.25) is 0 Å². The van der Waals surface area contributed by atoms with Crippen LogP contribution in [0.25, 0.3) is 0 Å². The predicted molar refractivity (Wildman–Crippen MR) is 70.4 cm³/mol. The largest absolute Gasteiger partial charge is 0.473 e. The van der Waals surface area contributed by atoms with Crippen molar-refractivity contribution in [2.45, 2.75) is 52.7 Å². The second-order valence-electron chi connectivity index (χ2n) is 4.84. The predicted octanol–water partition coefficient (Wildman–Crippen LogP) is 2.27. The molecule has 1 aromatic rings. The topological polar surface area (TPSA) is 39.1 Å². The van der Waals surface area contributed by atoms with Crippen molar-refractivity contribution < 1.29 is 4.74 Å². The van der Waals surface area contributed by atoms with Crippen molar-refractivity contribution in [2.75, 3.05) is 6.54 Å². The Morgan fingerprint density at radius 3 is 2.65 bits per heavy atom. The Hall–Kier alpha value is -1.03. The molecule has 0 saturated carbocycles. The lowest BCUT2D eigenvalue weighted by molar-refractivity contribution is 0.168. The quantitative estimate of drug-likeness (QED) is 0.793. The molecule has 0 amide bonds. The molecule has 1 N–H and O–H groups in total. The summed E-state index contributed by atoms with van der Waals surface area (Å²) in [6.45, 7) is 9.35. The average Bonchev–Trinajstić information content (AvgIpc) is 2.54. The highest BCUT2D eigenvalue weighted by atomic mass is 16.5. The first kappa shape index (κ1) is 14.0. The van der Waals surface area contributed by atoms with Gasteiger partial charge in [-0.2, -0.15) is 5.10 Å². The van der Waals surface area contributed by atoms with Gasteiger partial charge >= 0.3 is 0 Å². The summed E-state index contributed by atoms with van der Waals surface area (Å²) >= 11 is 0. The summed E-state index contributed by atoms with van der Waals surface area (Å²) in [5.41, 5.74) is 0.995. The molecule has 4 heteroatoms. The highest BCUT2D eigenvalue weighted by molar-refractivity contribution is 5.14. The Balaban J connectivity index is 2.56. The fraction of sp³-hybridized carbons (Fsp3) is 0.769. The van der Waals surface area contributed by atoms with Gasteiger partial charge in [-0.25, -0.2) is 4.68 Å². The van der Waals surface area contributed by atoms with E-state index in [-0.39, 0.29) is 6.10 Å². The van der Waals surface area contributed by atoms with Crippen LogP contribution in [-0.4, -0.2) is 28.5 Å². The molecule has 1 heterocycles. The summed E-state index contributed by atoms with van der Waals surface area (Å²) in [7, 11) is 1.92. The van der Waals surface area contributed by atoms with Crippen molar-refractivity contribution in [2.24, 2.45) is 7.05 Å². The number of ether oxygens (including phenoxy) is 1. The number of aryl methyl sites for hydroxylation is 2. The van der Waals surface area contributed by atoms with Crippen LogP contribution in [0.4, 0.5) is 0 Å². The number of hydrogen-bond donors (Lipinski definition) is 1. The average molecular weight is 239 g/mol. The van der Waals surface area contributed by atoms with Gasteiger partial charge in [0.05, 0.1) is 5.69 Å². The third-order valence-corrected chi connectivity index (χ3v) is 2.61. The van der Waals surface area contributed by atoms with Crippen molar-refractivity contribution in [3.05, 3.63) is 11.8 Å². The smallest absolute Gasteiger partial charge is 0.212 e. The lowest BCUT2D eigenvalue weighted by Crippen LogP contribution is -2.35. The minimum absolute atomic E-state index is 0.220. The molecule has 0 aromatic carbocycles. The maximum atomic E-state index is 5.99.